The van der Waals surface area contributed by atoms with Crippen molar-refractivity contribution in [2.75, 3.05) is 6.54 Å². The van der Waals surface area contributed by atoms with E-state index in [-0.39, 0.29) is 0 Å². The van der Waals surface area contributed by atoms with Crippen LogP contribution in [-0.4, -0.2) is 11.5 Å². The van der Waals surface area contributed by atoms with Crippen LogP contribution in [0, 0.1) is 0 Å². The van der Waals surface area contributed by atoms with Gasteiger partial charge in [0.15, 0.2) is 0 Å². The van der Waals surface area contributed by atoms with Crippen molar-refractivity contribution in [2.24, 2.45) is 0 Å². The zero-order valence-corrected chi connectivity index (χ0v) is 7.69. The molecule has 2 nitrogen and oxygen atoms in total. The summed E-state index contributed by atoms with van der Waals surface area (Å²) in [5.74, 6) is 0. The van der Waals surface area contributed by atoms with Gasteiger partial charge in [-0.05, 0) is 27.6 Å². The van der Waals surface area contributed by atoms with Crippen molar-refractivity contribution >= 4 is 15.9 Å². The number of nitrogens with one attached hydrogen (secondary N) is 1. The van der Waals surface area contributed by atoms with Crippen molar-refractivity contribution in [1.82, 2.24) is 10.3 Å². The number of fused-ring (bicyclic) bond motifs is 1. The van der Waals surface area contributed by atoms with Crippen molar-refractivity contribution < 1.29 is 0 Å². The highest BCUT2D eigenvalue weighted by molar-refractivity contribution is 9.10. The first-order chi connectivity index (χ1) is 5.36. The van der Waals surface area contributed by atoms with Gasteiger partial charge in [0.1, 0.15) is 4.60 Å². The molecule has 0 atom stereocenters. The lowest BCUT2D eigenvalue weighted by Crippen LogP contribution is -2.24. The first kappa shape index (κ1) is 7.25. The fourth-order valence-electron chi connectivity index (χ4n) is 1.31. The second kappa shape index (κ2) is 2.91. The van der Waals surface area contributed by atoms with Crippen LogP contribution in [0.25, 0.3) is 0 Å². The van der Waals surface area contributed by atoms with Crippen LogP contribution in [0.15, 0.2) is 16.7 Å². The van der Waals surface area contributed by atoms with Gasteiger partial charge in [-0.2, -0.15) is 0 Å². The number of aromatic nitrogens is 1. The van der Waals surface area contributed by atoms with Gasteiger partial charge in [0.25, 0.3) is 0 Å². The highest BCUT2D eigenvalue weighted by Crippen LogP contribution is 2.14. The molecule has 0 aromatic carbocycles. The predicted octanol–water partition coefficient (Wildman–Crippen LogP) is 1.49. The maximum Gasteiger partial charge on any atom is 0.106 e. The molecule has 0 radical (unpaired) electrons. The van der Waals surface area contributed by atoms with Crippen molar-refractivity contribution in [2.45, 2.75) is 13.0 Å². The minimum absolute atomic E-state index is 0.943. The number of halogens is 1. The van der Waals surface area contributed by atoms with E-state index in [2.05, 4.69) is 32.3 Å². The standard InChI is InChI=1S/C8H9BrN2/c9-8-2-1-6-5-10-4-3-7(6)11-8/h1-2,10H,3-5H2. The number of nitrogens with zero attached hydrogens (tertiary/aromatic N) is 1. The predicted molar refractivity (Wildman–Crippen MR) is 47.3 cm³/mol. The summed E-state index contributed by atoms with van der Waals surface area (Å²) in [7, 11) is 0. The lowest BCUT2D eigenvalue weighted by molar-refractivity contribution is 0.629. The third kappa shape index (κ3) is 1.44. The smallest absolute Gasteiger partial charge is 0.106 e. The Bertz CT molecular complexity index is 273. The minimum Gasteiger partial charge on any atom is -0.312 e. The molecule has 0 saturated carbocycles. The Morgan fingerprint density at radius 1 is 1.45 bits per heavy atom. The average Bonchev–Trinajstić information content (AvgIpc) is 2.04. The molecule has 58 valence electrons. The van der Waals surface area contributed by atoms with Gasteiger partial charge in [-0.3, -0.25) is 0 Å². The van der Waals surface area contributed by atoms with Gasteiger partial charge in [0.2, 0.25) is 0 Å². The summed E-state index contributed by atoms with van der Waals surface area (Å²) >= 11 is 3.36. The molecule has 1 aromatic heterocycles. The van der Waals surface area contributed by atoms with Crippen LogP contribution in [0.1, 0.15) is 11.3 Å². The molecular formula is C8H9BrN2. The molecule has 0 fully saturated rings. The van der Waals surface area contributed by atoms with Crippen molar-refractivity contribution in [3.05, 3.63) is 28.0 Å². The van der Waals surface area contributed by atoms with Gasteiger partial charge in [-0.1, -0.05) is 6.07 Å². The molecule has 0 unspecified atom stereocenters. The van der Waals surface area contributed by atoms with Gasteiger partial charge in [0, 0.05) is 25.2 Å². The van der Waals surface area contributed by atoms with E-state index < -0.39 is 0 Å². The summed E-state index contributed by atoms with van der Waals surface area (Å²) in [5, 5.41) is 3.31. The zero-order valence-electron chi connectivity index (χ0n) is 6.10. The molecule has 1 aliphatic heterocycles. The van der Waals surface area contributed by atoms with Crippen LogP contribution < -0.4 is 5.32 Å². The summed E-state index contributed by atoms with van der Waals surface area (Å²) in [6.07, 6.45) is 1.05. The van der Waals surface area contributed by atoms with Crippen molar-refractivity contribution in [3.63, 3.8) is 0 Å². The molecule has 1 aromatic rings. The lowest BCUT2D eigenvalue weighted by atomic mass is 10.1. The van der Waals surface area contributed by atoms with Gasteiger partial charge in [-0.25, -0.2) is 4.98 Å². The quantitative estimate of drug-likeness (QED) is 0.660. The van der Waals surface area contributed by atoms with E-state index in [1.165, 1.54) is 11.3 Å². The Morgan fingerprint density at radius 3 is 3.27 bits per heavy atom. The maximum absolute atomic E-state index is 4.39. The number of rotatable bonds is 0. The van der Waals surface area contributed by atoms with Crippen LogP contribution in [0.4, 0.5) is 0 Å². The molecule has 1 aliphatic rings. The van der Waals surface area contributed by atoms with Crippen molar-refractivity contribution in [1.29, 1.82) is 0 Å². The molecule has 0 bridgehead atoms. The van der Waals surface area contributed by atoms with E-state index in [0.717, 1.165) is 24.1 Å². The highest BCUT2D eigenvalue weighted by Gasteiger charge is 2.08. The Balaban J connectivity index is 2.43. The van der Waals surface area contributed by atoms with Crippen LogP contribution in [0.5, 0.6) is 0 Å². The minimum atomic E-state index is 0.943. The van der Waals surface area contributed by atoms with Crippen molar-refractivity contribution in [3.8, 4) is 0 Å². The molecule has 0 saturated heterocycles. The third-order valence-electron chi connectivity index (χ3n) is 1.89. The summed E-state index contributed by atoms with van der Waals surface area (Å²) in [6.45, 7) is 2.02. The number of hydrogen-bond donors (Lipinski definition) is 1. The van der Waals surface area contributed by atoms with E-state index in [4.69, 9.17) is 0 Å². The molecule has 2 heterocycles. The van der Waals surface area contributed by atoms with E-state index in [1.54, 1.807) is 0 Å². The highest BCUT2D eigenvalue weighted by atomic mass is 79.9. The molecule has 3 heteroatoms. The van der Waals surface area contributed by atoms with Crippen LogP contribution in [0.3, 0.4) is 0 Å². The summed E-state index contributed by atoms with van der Waals surface area (Å²) < 4.78 is 0.943. The molecule has 0 spiro atoms. The van der Waals surface area contributed by atoms with Gasteiger partial charge in [0.05, 0.1) is 0 Å². The Kier molecular flexibility index (Phi) is 1.92. The normalized spacial score (nSPS) is 16.1. The average molecular weight is 213 g/mol. The monoisotopic (exact) mass is 212 g/mol. The molecule has 1 N–H and O–H groups in total. The largest absolute Gasteiger partial charge is 0.312 e. The Hall–Kier alpha value is -0.410. The summed E-state index contributed by atoms with van der Waals surface area (Å²) in [6, 6.07) is 4.12. The maximum atomic E-state index is 4.39. The Labute approximate surface area is 74.2 Å². The van der Waals surface area contributed by atoms with Crippen LogP contribution in [-0.2, 0) is 13.0 Å². The molecule has 2 rings (SSSR count). The number of hydrogen-bond acceptors (Lipinski definition) is 2. The van der Waals surface area contributed by atoms with Gasteiger partial charge >= 0.3 is 0 Å². The summed E-state index contributed by atoms with van der Waals surface area (Å²) in [5.41, 5.74) is 2.57. The van der Waals surface area contributed by atoms with Crippen LogP contribution >= 0.6 is 15.9 Å². The van der Waals surface area contributed by atoms with E-state index in [1.807, 2.05) is 6.07 Å². The second-order valence-corrected chi connectivity index (χ2v) is 3.48. The fourth-order valence-corrected chi connectivity index (χ4v) is 1.66. The first-order valence-corrected chi connectivity index (χ1v) is 4.50. The molecule has 11 heavy (non-hydrogen) atoms. The zero-order chi connectivity index (χ0) is 7.68. The number of pyridine rings is 1. The topological polar surface area (TPSA) is 24.9 Å². The lowest BCUT2D eigenvalue weighted by Gasteiger charge is -2.15. The Morgan fingerprint density at radius 2 is 2.36 bits per heavy atom. The SMILES string of the molecule is Brc1ccc2c(n1)CCNC2. The fraction of sp³-hybridized carbons (Fsp3) is 0.375. The van der Waals surface area contributed by atoms with E-state index in [9.17, 15) is 0 Å². The first-order valence-electron chi connectivity index (χ1n) is 3.71. The van der Waals surface area contributed by atoms with Gasteiger partial charge < -0.3 is 5.32 Å². The molecule has 0 aliphatic carbocycles. The molecular weight excluding hydrogens is 204 g/mol. The summed E-state index contributed by atoms with van der Waals surface area (Å²) in [4.78, 5) is 4.39. The third-order valence-corrected chi connectivity index (χ3v) is 2.33. The van der Waals surface area contributed by atoms with Gasteiger partial charge in [-0.15, -0.1) is 0 Å². The second-order valence-electron chi connectivity index (χ2n) is 2.67. The van der Waals surface area contributed by atoms with E-state index in [0.29, 0.717) is 0 Å². The van der Waals surface area contributed by atoms with Crippen LogP contribution in [0.2, 0.25) is 0 Å². The molecule has 0 amide bonds. The van der Waals surface area contributed by atoms with E-state index >= 15 is 0 Å².